The van der Waals surface area contributed by atoms with Crippen LogP contribution in [0.4, 0.5) is 0 Å². The number of benzene rings is 2. The van der Waals surface area contributed by atoms with Crippen molar-refractivity contribution in [3.63, 3.8) is 0 Å². The zero-order chi connectivity index (χ0) is 16.8. The van der Waals surface area contributed by atoms with Crippen LogP contribution < -0.4 is 0 Å². The van der Waals surface area contributed by atoms with E-state index in [-0.39, 0.29) is 18.0 Å². The third-order valence-corrected chi connectivity index (χ3v) is 3.50. The summed E-state index contributed by atoms with van der Waals surface area (Å²) in [7, 11) is 0. The van der Waals surface area contributed by atoms with Gasteiger partial charge in [-0.1, -0.05) is 54.6 Å². The fraction of sp³-hybridized carbons (Fsp3) is 0.0500. The van der Waals surface area contributed by atoms with Crippen molar-refractivity contribution < 1.29 is 14.3 Å². The first-order valence-corrected chi connectivity index (χ1v) is 7.51. The smallest absolute Gasteiger partial charge is 0.339 e. The normalized spacial score (nSPS) is 10.2. The molecule has 0 atom stereocenters. The molecular weight excluding hydrogens is 302 g/mol. The number of esters is 1. The Morgan fingerprint density at radius 1 is 0.792 bits per heavy atom. The minimum Gasteiger partial charge on any atom is -0.456 e. The highest BCUT2D eigenvalue weighted by Gasteiger charge is 2.19. The fourth-order valence-corrected chi connectivity index (χ4v) is 2.30. The summed E-state index contributed by atoms with van der Waals surface area (Å²) in [6.07, 6.45) is 1.63. The molecule has 24 heavy (non-hydrogen) atoms. The number of rotatable bonds is 5. The molecule has 0 saturated carbocycles. The monoisotopic (exact) mass is 317 g/mol. The van der Waals surface area contributed by atoms with E-state index in [0.29, 0.717) is 16.8 Å². The van der Waals surface area contributed by atoms with Crippen LogP contribution in [0.3, 0.4) is 0 Å². The van der Waals surface area contributed by atoms with Crippen LogP contribution in [0.5, 0.6) is 0 Å². The molecule has 0 radical (unpaired) electrons. The summed E-state index contributed by atoms with van der Waals surface area (Å²) in [6, 6.07) is 20.9. The predicted molar refractivity (Wildman–Crippen MR) is 89.7 cm³/mol. The molecular formula is C20H15NO3. The molecule has 3 rings (SSSR count). The topological polar surface area (TPSA) is 56.3 Å². The molecule has 0 aliphatic carbocycles. The molecule has 2 aromatic carbocycles. The van der Waals surface area contributed by atoms with Gasteiger partial charge in [-0.15, -0.1) is 0 Å². The molecule has 1 aromatic heterocycles. The van der Waals surface area contributed by atoms with E-state index in [1.165, 1.54) is 0 Å². The van der Waals surface area contributed by atoms with E-state index in [2.05, 4.69) is 4.98 Å². The molecule has 118 valence electrons. The Morgan fingerprint density at radius 3 is 2.17 bits per heavy atom. The molecule has 1 heterocycles. The molecule has 4 nitrogen and oxygen atoms in total. The van der Waals surface area contributed by atoms with E-state index in [4.69, 9.17) is 4.74 Å². The van der Waals surface area contributed by atoms with E-state index in [9.17, 15) is 9.59 Å². The van der Waals surface area contributed by atoms with E-state index < -0.39 is 5.97 Å². The van der Waals surface area contributed by atoms with Crippen LogP contribution >= 0.6 is 0 Å². The minimum absolute atomic E-state index is 0.0630. The summed E-state index contributed by atoms with van der Waals surface area (Å²) in [5.41, 5.74) is 1.76. The van der Waals surface area contributed by atoms with Crippen molar-refractivity contribution in [1.29, 1.82) is 0 Å². The lowest BCUT2D eigenvalue weighted by atomic mass is 9.98. The number of ether oxygens (including phenoxy) is 1. The number of carbonyl (C=O) groups excluding carboxylic acids is 2. The van der Waals surface area contributed by atoms with Gasteiger partial charge in [0, 0.05) is 17.3 Å². The van der Waals surface area contributed by atoms with Crippen molar-refractivity contribution in [2.75, 3.05) is 0 Å². The van der Waals surface area contributed by atoms with Crippen LogP contribution in [0.2, 0.25) is 0 Å². The highest BCUT2D eigenvalue weighted by atomic mass is 16.5. The van der Waals surface area contributed by atoms with Crippen molar-refractivity contribution in [1.82, 2.24) is 4.98 Å². The Bertz CT molecular complexity index is 845. The van der Waals surface area contributed by atoms with Gasteiger partial charge in [0.15, 0.2) is 5.78 Å². The van der Waals surface area contributed by atoms with E-state index in [1.807, 2.05) is 12.1 Å². The number of pyridine rings is 1. The first-order valence-electron chi connectivity index (χ1n) is 7.51. The third kappa shape index (κ3) is 3.55. The summed E-state index contributed by atoms with van der Waals surface area (Å²) >= 11 is 0. The van der Waals surface area contributed by atoms with Crippen LogP contribution in [0.25, 0.3) is 0 Å². The fourth-order valence-electron chi connectivity index (χ4n) is 2.30. The van der Waals surface area contributed by atoms with Crippen molar-refractivity contribution in [3.05, 3.63) is 101 Å². The number of ketones is 1. The molecule has 0 bridgehead atoms. The summed E-state index contributed by atoms with van der Waals surface area (Å²) < 4.78 is 5.29. The molecule has 0 spiro atoms. The van der Waals surface area contributed by atoms with Crippen LogP contribution in [0.1, 0.15) is 32.0 Å². The number of hydrogen-bond donors (Lipinski definition) is 0. The van der Waals surface area contributed by atoms with Gasteiger partial charge in [-0.05, 0) is 18.2 Å². The Balaban J connectivity index is 1.81. The van der Waals surface area contributed by atoms with Crippen LogP contribution in [0, 0.1) is 0 Å². The first kappa shape index (κ1) is 15.6. The van der Waals surface area contributed by atoms with Crippen molar-refractivity contribution in [2.45, 2.75) is 6.61 Å². The largest absolute Gasteiger partial charge is 0.456 e. The maximum Gasteiger partial charge on any atom is 0.339 e. The molecule has 0 amide bonds. The number of aromatic nitrogens is 1. The van der Waals surface area contributed by atoms with Gasteiger partial charge in [0.2, 0.25) is 0 Å². The third-order valence-electron chi connectivity index (χ3n) is 3.50. The van der Waals surface area contributed by atoms with Crippen LogP contribution in [0.15, 0.2) is 79.0 Å². The van der Waals surface area contributed by atoms with Gasteiger partial charge < -0.3 is 4.74 Å². The molecule has 0 aliphatic heterocycles. The van der Waals surface area contributed by atoms with E-state index in [0.717, 1.165) is 0 Å². The molecule has 0 saturated heterocycles. The zero-order valence-electron chi connectivity index (χ0n) is 12.9. The molecule has 3 aromatic rings. The van der Waals surface area contributed by atoms with Crippen molar-refractivity contribution in [3.8, 4) is 0 Å². The Morgan fingerprint density at radius 2 is 1.46 bits per heavy atom. The van der Waals surface area contributed by atoms with Gasteiger partial charge in [-0.3, -0.25) is 9.78 Å². The minimum atomic E-state index is -0.541. The SMILES string of the molecule is O=C(OCc1ccccn1)c1ccccc1C(=O)c1ccccc1. The maximum atomic E-state index is 12.6. The van der Waals surface area contributed by atoms with Crippen molar-refractivity contribution >= 4 is 11.8 Å². The summed E-state index contributed by atoms with van der Waals surface area (Å²) in [4.78, 5) is 29.1. The van der Waals surface area contributed by atoms with Gasteiger partial charge in [0.05, 0.1) is 11.3 Å². The zero-order valence-corrected chi connectivity index (χ0v) is 12.9. The van der Waals surface area contributed by atoms with Gasteiger partial charge in [-0.25, -0.2) is 4.79 Å². The molecule has 4 heteroatoms. The van der Waals surface area contributed by atoms with Gasteiger partial charge >= 0.3 is 5.97 Å². The predicted octanol–water partition coefficient (Wildman–Crippen LogP) is 3.67. The second kappa shape index (κ2) is 7.33. The quantitative estimate of drug-likeness (QED) is 0.532. The van der Waals surface area contributed by atoms with Crippen LogP contribution in [-0.2, 0) is 11.3 Å². The molecule has 0 fully saturated rings. The summed E-state index contributed by atoms with van der Waals surface area (Å²) in [6.45, 7) is 0.0630. The highest BCUT2D eigenvalue weighted by molar-refractivity contribution is 6.14. The highest BCUT2D eigenvalue weighted by Crippen LogP contribution is 2.16. The number of hydrogen-bond acceptors (Lipinski definition) is 4. The standard InChI is InChI=1S/C20H15NO3/c22-19(15-8-2-1-3-9-15)17-11-4-5-12-18(17)20(23)24-14-16-10-6-7-13-21-16/h1-13H,14H2. The first-order chi connectivity index (χ1) is 11.8. The second-order valence-corrected chi connectivity index (χ2v) is 5.14. The average molecular weight is 317 g/mol. The van der Waals surface area contributed by atoms with Gasteiger partial charge in [0.1, 0.15) is 6.61 Å². The summed E-state index contributed by atoms with van der Waals surface area (Å²) in [5.74, 6) is -0.749. The van der Waals surface area contributed by atoms with Crippen LogP contribution in [-0.4, -0.2) is 16.7 Å². The van der Waals surface area contributed by atoms with Gasteiger partial charge in [-0.2, -0.15) is 0 Å². The van der Waals surface area contributed by atoms with E-state index >= 15 is 0 Å². The lowest BCUT2D eigenvalue weighted by Gasteiger charge is -2.09. The average Bonchev–Trinajstić information content (AvgIpc) is 2.67. The molecule has 0 aliphatic rings. The second-order valence-electron chi connectivity index (χ2n) is 5.14. The maximum absolute atomic E-state index is 12.6. The summed E-state index contributed by atoms with van der Waals surface area (Å²) in [5, 5.41) is 0. The number of carbonyl (C=O) groups is 2. The van der Waals surface area contributed by atoms with E-state index in [1.54, 1.807) is 66.9 Å². The molecule has 0 N–H and O–H groups in total. The Kier molecular flexibility index (Phi) is 4.77. The Labute approximate surface area is 139 Å². The van der Waals surface area contributed by atoms with Gasteiger partial charge in [0.25, 0.3) is 0 Å². The lowest BCUT2D eigenvalue weighted by Crippen LogP contribution is -2.13. The number of nitrogens with zero attached hydrogens (tertiary/aromatic N) is 1. The molecule has 0 unspecified atom stereocenters. The Hall–Kier alpha value is -3.27. The lowest BCUT2D eigenvalue weighted by molar-refractivity contribution is 0.0465. The van der Waals surface area contributed by atoms with Crippen molar-refractivity contribution in [2.24, 2.45) is 0 Å².